The summed E-state index contributed by atoms with van der Waals surface area (Å²) < 4.78 is 35.3. The highest BCUT2D eigenvalue weighted by Gasteiger charge is 2.25. The molecule has 0 aliphatic heterocycles. The van der Waals surface area contributed by atoms with E-state index in [0.717, 1.165) is 11.3 Å². The fourth-order valence-electron chi connectivity index (χ4n) is 1.19. The van der Waals surface area contributed by atoms with E-state index in [1.807, 2.05) is 6.92 Å². The number of hydrogen-bond donors (Lipinski definition) is 2. The highest BCUT2D eigenvalue weighted by atomic mass is 19.4. The van der Waals surface area contributed by atoms with Crippen LogP contribution in [0.15, 0.2) is 6.20 Å². The molecule has 3 nitrogen and oxygen atoms in total. The molecule has 15 heavy (non-hydrogen) atoms. The lowest BCUT2D eigenvalue weighted by Gasteiger charge is -2.06. The van der Waals surface area contributed by atoms with Gasteiger partial charge in [0.2, 0.25) is 0 Å². The maximum atomic E-state index is 11.8. The van der Waals surface area contributed by atoms with Crippen molar-refractivity contribution in [2.75, 3.05) is 6.54 Å². The third kappa shape index (κ3) is 4.83. The van der Waals surface area contributed by atoms with Gasteiger partial charge in [0.1, 0.15) is 0 Å². The van der Waals surface area contributed by atoms with Gasteiger partial charge in [0, 0.05) is 24.2 Å². The van der Waals surface area contributed by atoms with Crippen LogP contribution in [0.2, 0.25) is 0 Å². The lowest BCUT2D eigenvalue weighted by Crippen LogP contribution is -2.17. The molecule has 0 radical (unpaired) electrons. The number of aromatic nitrogens is 2. The fraction of sp³-hybridized carbons (Fsp3) is 0.667. The average Bonchev–Trinajstić information content (AvgIpc) is 2.49. The third-order valence-electron chi connectivity index (χ3n) is 2.06. The summed E-state index contributed by atoms with van der Waals surface area (Å²) in [6.07, 6.45) is -3.00. The fourth-order valence-corrected chi connectivity index (χ4v) is 1.19. The number of nitrogens with one attached hydrogen (secondary N) is 2. The standard InChI is InChI=1S/C9H14F3N3/c1-7-8(6-14-15-7)5-13-4-2-3-9(10,11)12/h6,13H,2-5H2,1H3,(H,14,15). The molecule has 0 aliphatic rings. The Hall–Kier alpha value is -1.04. The van der Waals surface area contributed by atoms with Gasteiger partial charge in [0.15, 0.2) is 0 Å². The summed E-state index contributed by atoms with van der Waals surface area (Å²) >= 11 is 0. The molecule has 0 saturated carbocycles. The Bertz CT molecular complexity index is 293. The molecule has 1 aromatic heterocycles. The first-order valence-electron chi connectivity index (χ1n) is 4.75. The van der Waals surface area contributed by atoms with Crippen LogP contribution in [-0.2, 0) is 6.54 Å². The molecular formula is C9H14F3N3. The average molecular weight is 221 g/mol. The second kappa shape index (κ2) is 5.16. The minimum absolute atomic E-state index is 0.112. The number of aromatic amines is 1. The molecule has 0 spiro atoms. The molecular weight excluding hydrogens is 207 g/mol. The summed E-state index contributed by atoms with van der Waals surface area (Å²) in [5.74, 6) is 0. The van der Waals surface area contributed by atoms with E-state index in [1.165, 1.54) is 0 Å². The Labute approximate surface area is 86.1 Å². The third-order valence-corrected chi connectivity index (χ3v) is 2.06. The summed E-state index contributed by atoms with van der Waals surface area (Å²) in [6, 6.07) is 0. The van der Waals surface area contributed by atoms with Gasteiger partial charge in [-0.2, -0.15) is 18.3 Å². The second-order valence-corrected chi connectivity index (χ2v) is 3.42. The van der Waals surface area contributed by atoms with Gasteiger partial charge in [-0.3, -0.25) is 5.10 Å². The normalized spacial score (nSPS) is 12.0. The van der Waals surface area contributed by atoms with E-state index in [4.69, 9.17) is 0 Å². The molecule has 0 bridgehead atoms. The zero-order valence-electron chi connectivity index (χ0n) is 8.49. The molecule has 86 valence electrons. The van der Waals surface area contributed by atoms with Crippen LogP contribution in [0.4, 0.5) is 13.2 Å². The topological polar surface area (TPSA) is 40.7 Å². The van der Waals surface area contributed by atoms with Gasteiger partial charge in [-0.25, -0.2) is 0 Å². The summed E-state index contributed by atoms with van der Waals surface area (Å²) in [5, 5.41) is 9.52. The van der Waals surface area contributed by atoms with Crippen LogP contribution < -0.4 is 5.32 Å². The van der Waals surface area contributed by atoms with E-state index in [9.17, 15) is 13.2 Å². The summed E-state index contributed by atoms with van der Waals surface area (Å²) in [4.78, 5) is 0. The van der Waals surface area contributed by atoms with Crippen molar-refractivity contribution in [1.29, 1.82) is 0 Å². The van der Waals surface area contributed by atoms with Crippen molar-refractivity contribution < 1.29 is 13.2 Å². The number of hydrogen-bond acceptors (Lipinski definition) is 2. The van der Waals surface area contributed by atoms with E-state index in [1.54, 1.807) is 6.20 Å². The summed E-state index contributed by atoms with van der Waals surface area (Å²) in [5.41, 5.74) is 1.93. The molecule has 1 heterocycles. The molecule has 0 saturated heterocycles. The number of H-pyrrole nitrogens is 1. The largest absolute Gasteiger partial charge is 0.389 e. The van der Waals surface area contributed by atoms with Crippen LogP contribution in [0.1, 0.15) is 24.1 Å². The minimum atomic E-state index is -4.05. The molecule has 6 heteroatoms. The maximum Gasteiger partial charge on any atom is 0.389 e. The van der Waals surface area contributed by atoms with Crippen LogP contribution in [0.25, 0.3) is 0 Å². The smallest absolute Gasteiger partial charge is 0.313 e. The molecule has 1 rings (SSSR count). The van der Waals surface area contributed by atoms with Gasteiger partial charge < -0.3 is 5.32 Å². The highest BCUT2D eigenvalue weighted by molar-refractivity contribution is 5.13. The van der Waals surface area contributed by atoms with Crippen molar-refractivity contribution >= 4 is 0 Å². The Kier molecular flexibility index (Phi) is 4.14. The Morgan fingerprint density at radius 3 is 2.73 bits per heavy atom. The monoisotopic (exact) mass is 221 g/mol. The Balaban J connectivity index is 2.10. The minimum Gasteiger partial charge on any atom is -0.313 e. The van der Waals surface area contributed by atoms with E-state index in [2.05, 4.69) is 15.5 Å². The van der Waals surface area contributed by atoms with Crippen LogP contribution in [-0.4, -0.2) is 22.9 Å². The van der Waals surface area contributed by atoms with Crippen LogP contribution in [0.5, 0.6) is 0 Å². The van der Waals surface area contributed by atoms with Crippen LogP contribution >= 0.6 is 0 Å². The van der Waals surface area contributed by atoms with Gasteiger partial charge in [-0.1, -0.05) is 0 Å². The van der Waals surface area contributed by atoms with Crippen LogP contribution in [0, 0.1) is 6.92 Å². The first kappa shape index (κ1) is 12.0. The van der Waals surface area contributed by atoms with Gasteiger partial charge in [-0.05, 0) is 19.9 Å². The van der Waals surface area contributed by atoms with E-state index >= 15 is 0 Å². The molecule has 0 atom stereocenters. The summed E-state index contributed by atoms with van der Waals surface area (Å²) in [6.45, 7) is 2.80. The Morgan fingerprint density at radius 2 is 2.20 bits per heavy atom. The van der Waals surface area contributed by atoms with Crippen molar-refractivity contribution in [2.45, 2.75) is 32.5 Å². The van der Waals surface area contributed by atoms with Gasteiger partial charge in [0.05, 0.1) is 6.20 Å². The number of aryl methyl sites for hydroxylation is 1. The Morgan fingerprint density at radius 1 is 1.47 bits per heavy atom. The molecule has 0 fully saturated rings. The van der Waals surface area contributed by atoms with Crippen molar-refractivity contribution in [3.8, 4) is 0 Å². The SMILES string of the molecule is Cc1[nH]ncc1CNCCCC(F)(F)F. The molecule has 1 aromatic rings. The van der Waals surface area contributed by atoms with Crippen molar-refractivity contribution in [1.82, 2.24) is 15.5 Å². The predicted octanol–water partition coefficient (Wildman–Crippen LogP) is 2.15. The lowest BCUT2D eigenvalue weighted by molar-refractivity contribution is -0.135. The van der Waals surface area contributed by atoms with E-state index in [-0.39, 0.29) is 6.42 Å². The van der Waals surface area contributed by atoms with Crippen molar-refractivity contribution in [3.05, 3.63) is 17.5 Å². The number of halogens is 3. The molecule has 2 N–H and O–H groups in total. The second-order valence-electron chi connectivity index (χ2n) is 3.42. The first-order valence-corrected chi connectivity index (χ1v) is 4.75. The first-order chi connectivity index (χ1) is 6.99. The number of alkyl halides is 3. The molecule has 0 amide bonds. The number of rotatable bonds is 5. The van der Waals surface area contributed by atoms with Crippen molar-refractivity contribution in [3.63, 3.8) is 0 Å². The zero-order valence-corrected chi connectivity index (χ0v) is 8.49. The highest BCUT2D eigenvalue weighted by Crippen LogP contribution is 2.20. The van der Waals surface area contributed by atoms with E-state index in [0.29, 0.717) is 13.1 Å². The lowest BCUT2D eigenvalue weighted by atomic mass is 10.2. The molecule has 0 unspecified atom stereocenters. The zero-order chi connectivity index (χ0) is 11.3. The van der Waals surface area contributed by atoms with Gasteiger partial charge in [-0.15, -0.1) is 0 Å². The van der Waals surface area contributed by atoms with Gasteiger partial charge in [0.25, 0.3) is 0 Å². The quantitative estimate of drug-likeness (QED) is 0.748. The van der Waals surface area contributed by atoms with Crippen molar-refractivity contribution in [2.24, 2.45) is 0 Å². The number of nitrogens with zero attached hydrogens (tertiary/aromatic N) is 1. The van der Waals surface area contributed by atoms with Gasteiger partial charge >= 0.3 is 6.18 Å². The molecule has 0 aliphatic carbocycles. The predicted molar refractivity (Wildman–Crippen MR) is 50.3 cm³/mol. The molecule has 0 aromatic carbocycles. The maximum absolute atomic E-state index is 11.8. The van der Waals surface area contributed by atoms with Crippen LogP contribution in [0.3, 0.4) is 0 Å². The summed E-state index contributed by atoms with van der Waals surface area (Å²) in [7, 11) is 0. The van der Waals surface area contributed by atoms with E-state index < -0.39 is 12.6 Å².